The minimum absolute atomic E-state index is 0.0422. The number of aromatic carboxylic acids is 1. The number of nitrogens with zero attached hydrogens (tertiary/aromatic N) is 1. The van der Waals surface area contributed by atoms with Gasteiger partial charge < -0.3 is 30.8 Å². The van der Waals surface area contributed by atoms with Gasteiger partial charge in [0.1, 0.15) is 17.9 Å². The summed E-state index contributed by atoms with van der Waals surface area (Å²) in [5.74, 6) is 0.162. The van der Waals surface area contributed by atoms with Crippen LogP contribution in [0.1, 0.15) is 68.3 Å². The summed E-state index contributed by atoms with van der Waals surface area (Å²) in [6, 6.07) is -0.272. The second kappa shape index (κ2) is 8.63. The molecule has 2 aromatic rings. The summed E-state index contributed by atoms with van der Waals surface area (Å²) < 4.78 is 22.8. The SMILES string of the molecule is CC1COc2c(NCCCNC(=O)C34CC5CC(CC(C5)C3)C4)c(F)c(N)c3c(=O)c(C(=O)O)cn1c23. The van der Waals surface area contributed by atoms with Gasteiger partial charge in [0.05, 0.1) is 22.6 Å². The Hall–Kier alpha value is -3.30. The molecule has 1 aromatic heterocycles. The Morgan fingerprint density at radius 1 is 1.19 bits per heavy atom. The summed E-state index contributed by atoms with van der Waals surface area (Å²) in [4.78, 5) is 37.6. The molecule has 0 spiro atoms. The average molecular weight is 513 g/mol. The number of nitrogen functional groups attached to an aromatic ring is 1. The third kappa shape index (κ3) is 3.75. The molecule has 4 saturated carbocycles. The number of carboxylic acids is 1. The van der Waals surface area contributed by atoms with Gasteiger partial charge in [0.2, 0.25) is 11.3 Å². The van der Waals surface area contributed by atoms with Crippen molar-refractivity contribution < 1.29 is 23.8 Å². The maximum absolute atomic E-state index is 15.4. The number of nitrogens with one attached hydrogen (secondary N) is 2. The zero-order valence-electron chi connectivity index (χ0n) is 20.9. The highest BCUT2D eigenvalue weighted by Gasteiger charge is 2.54. The van der Waals surface area contributed by atoms with Crippen molar-refractivity contribution in [3.05, 3.63) is 27.8 Å². The normalized spacial score (nSPS) is 29.2. The quantitative estimate of drug-likeness (QED) is 0.329. The lowest BCUT2D eigenvalue weighted by molar-refractivity contribution is -0.146. The van der Waals surface area contributed by atoms with E-state index in [1.165, 1.54) is 25.5 Å². The van der Waals surface area contributed by atoms with Gasteiger partial charge in [0.25, 0.3) is 0 Å². The Morgan fingerprint density at radius 3 is 2.46 bits per heavy atom. The van der Waals surface area contributed by atoms with E-state index in [9.17, 15) is 19.5 Å². The molecule has 2 heterocycles. The van der Waals surface area contributed by atoms with Crippen LogP contribution in [0, 0.1) is 29.0 Å². The average Bonchev–Trinajstić information content (AvgIpc) is 2.84. The van der Waals surface area contributed by atoms with Gasteiger partial charge in [0, 0.05) is 24.7 Å². The molecule has 5 aliphatic rings. The number of rotatable bonds is 7. The minimum Gasteiger partial charge on any atom is -0.487 e. The number of aromatic nitrogens is 1. The molecule has 4 fully saturated rings. The molecule has 4 bridgehead atoms. The number of carbonyl (C=O) groups is 2. The first-order chi connectivity index (χ1) is 17.7. The maximum Gasteiger partial charge on any atom is 0.341 e. The molecule has 9 nitrogen and oxygen atoms in total. The summed E-state index contributed by atoms with van der Waals surface area (Å²) in [5, 5.41) is 15.5. The zero-order valence-corrected chi connectivity index (χ0v) is 20.9. The molecule has 10 heteroatoms. The van der Waals surface area contributed by atoms with Crippen molar-refractivity contribution in [3.63, 3.8) is 0 Å². The van der Waals surface area contributed by atoms with Gasteiger partial charge in [-0.2, -0.15) is 0 Å². The molecule has 1 unspecified atom stereocenters. The second-order valence-electron chi connectivity index (χ2n) is 11.6. The first kappa shape index (κ1) is 24.1. The molecule has 198 valence electrons. The number of hydrogen-bond acceptors (Lipinski definition) is 6. The van der Waals surface area contributed by atoms with Crippen LogP contribution in [0.4, 0.5) is 15.8 Å². The highest BCUT2D eigenvalue weighted by atomic mass is 19.1. The van der Waals surface area contributed by atoms with Crippen LogP contribution >= 0.6 is 0 Å². The Labute approximate surface area is 213 Å². The van der Waals surface area contributed by atoms with E-state index in [4.69, 9.17) is 10.5 Å². The fraction of sp³-hybridized carbons (Fsp3) is 0.593. The molecule has 37 heavy (non-hydrogen) atoms. The predicted molar refractivity (Wildman–Crippen MR) is 136 cm³/mol. The van der Waals surface area contributed by atoms with Crippen LogP contribution in [-0.2, 0) is 4.79 Å². The lowest BCUT2D eigenvalue weighted by Crippen LogP contribution is -2.53. The van der Waals surface area contributed by atoms with E-state index in [2.05, 4.69) is 10.6 Å². The van der Waals surface area contributed by atoms with Crippen LogP contribution in [-0.4, -0.2) is 41.2 Å². The third-order valence-electron chi connectivity index (χ3n) is 9.04. The van der Waals surface area contributed by atoms with E-state index >= 15 is 4.39 Å². The third-order valence-corrected chi connectivity index (χ3v) is 9.04. The number of ether oxygens (including phenoxy) is 1. The zero-order chi connectivity index (χ0) is 26.1. The molecule has 0 saturated heterocycles. The standard InChI is InChI=1S/C27H33FN4O5/c1-13-12-37-24-21(19(28)20(29)18-22(24)32(13)11-17(23(18)33)25(34)35)30-3-2-4-31-26(36)27-8-14-5-15(9-27)7-16(6-14)10-27/h11,13-16,30H,2-10,12,29H2,1H3,(H,31,36)(H,34,35). The van der Waals surface area contributed by atoms with Crippen LogP contribution in [0.2, 0.25) is 0 Å². The Bertz CT molecular complexity index is 1330. The fourth-order valence-corrected chi connectivity index (χ4v) is 7.74. The molecular formula is C27H33FN4O5. The second-order valence-corrected chi connectivity index (χ2v) is 11.6. The lowest BCUT2D eigenvalue weighted by atomic mass is 9.49. The molecule has 4 aliphatic carbocycles. The monoisotopic (exact) mass is 512 g/mol. The van der Waals surface area contributed by atoms with Gasteiger partial charge in [-0.25, -0.2) is 9.18 Å². The lowest BCUT2D eigenvalue weighted by Gasteiger charge is -2.55. The van der Waals surface area contributed by atoms with Crippen molar-refractivity contribution in [2.45, 2.75) is 57.9 Å². The van der Waals surface area contributed by atoms with Crippen LogP contribution in [0.5, 0.6) is 5.75 Å². The number of benzene rings is 1. The van der Waals surface area contributed by atoms with Crippen molar-refractivity contribution in [2.24, 2.45) is 23.2 Å². The summed E-state index contributed by atoms with van der Waals surface area (Å²) >= 11 is 0. The van der Waals surface area contributed by atoms with Gasteiger partial charge in [-0.05, 0) is 69.6 Å². The number of halogens is 1. The number of pyridine rings is 1. The van der Waals surface area contributed by atoms with Gasteiger partial charge in [-0.3, -0.25) is 9.59 Å². The van der Waals surface area contributed by atoms with Crippen LogP contribution in [0.3, 0.4) is 0 Å². The molecule has 5 N–H and O–H groups in total. The van der Waals surface area contributed by atoms with Gasteiger partial charge in [-0.1, -0.05) is 0 Å². The van der Waals surface area contributed by atoms with E-state index in [1.54, 1.807) is 4.57 Å². The predicted octanol–water partition coefficient (Wildman–Crippen LogP) is 3.51. The van der Waals surface area contributed by atoms with E-state index in [-0.39, 0.29) is 46.3 Å². The number of anilines is 2. The van der Waals surface area contributed by atoms with E-state index in [1.807, 2.05) is 6.92 Å². The molecule has 7 rings (SSSR count). The Balaban J connectivity index is 1.18. The minimum atomic E-state index is -1.39. The van der Waals surface area contributed by atoms with Crippen molar-refractivity contribution in [1.29, 1.82) is 0 Å². The first-order valence-electron chi connectivity index (χ1n) is 13.3. The highest BCUT2D eigenvalue weighted by Crippen LogP contribution is 2.60. The smallest absolute Gasteiger partial charge is 0.341 e. The van der Waals surface area contributed by atoms with E-state index in [0.29, 0.717) is 37.3 Å². The van der Waals surface area contributed by atoms with Crippen molar-refractivity contribution in [1.82, 2.24) is 9.88 Å². The van der Waals surface area contributed by atoms with E-state index in [0.717, 1.165) is 19.3 Å². The summed E-state index contributed by atoms with van der Waals surface area (Å²) in [7, 11) is 0. The topological polar surface area (TPSA) is 136 Å². The highest BCUT2D eigenvalue weighted by molar-refractivity contribution is 6.03. The molecule has 1 aromatic carbocycles. The van der Waals surface area contributed by atoms with Crippen molar-refractivity contribution in [3.8, 4) is 5.75 Å². The van der Waals surface area contributed by atoms with Gasteiger partial charge in [-0.15, -0.1) is 0 Å². The van der Waals surface area contributed by atoms with Gasteiger partial charge >= 0.3 is 5.97 Å². The van der Waals surface area contributed by atoms with Crippen molar-refractivity contribution in [2.75, 3.05) is 30.7 Å². The molecular weight excluding hydrogens is 479 g/mol. The molecule has 1 aliphatic heterocycles. The molecule has 0 radical (unpaired) electrons. The summed E-state index contributed by atoms with van der Waals surface area (Å²) in [5.41, 5.74) is 4.45. The number of amides is 1. The van der Waals surface area contributed by atoms with Crippen molar-refractivity contribution >= 4 is 34.2 Å². The van der Waals surface area contributed by atoms with Crippen LogP contribution in [0.15, 0.2) is 11.0 Å². The number of carbonyl (C=O) groups excluding carboxylic acids is 1. The number of carboxylic acid groups (broad SMARTS) is 1. The number of nitrogens with two attached hydrogens (primary N) is 1. The number of hydrogen-bond donors (Lipinski definition) is 4. The van der Waals surface area contributed by atoms with Crippen LogP contribution in [0.25, 0.3) is 10.9 Å². The maximum atomic E-state index is 15.4. The van der Waals surface area contributed by atoms with Gasteiger partial charge in [0.15, 0.2) is 11.6 Å². The summed E-state index contributed by atoms with van der Waals surface area (Å²) in [6.07, 6.45) is 8.71. The summed E-state index contributed by atoms with van der Waals surface area (Å²) in [6.45, 7) is 2.82. The fourth-order valence-electron chi connectivity index (χ4n) is 7.74. The van der Waals surface area contributed by atoms with Crippen LogP contribution < -0.4 is 26.5 Å². The first-order valence-corrected chi connectivity index (χ1v) is 13.3. The Kier molecular flexibility index (Phi) is 5.61. The molecule has 1 amide bonds. The molecule has 1 atom stereocenters. The largest absolute Gasteiger partial charge is 0.487 e. The Morgan fingerprint density at radius 2 is 1.84 bits per heavy atom. The van der Waals surface area contributed by atoms with E-state index < -0.39 is 28.5 Å².